The molecule has 1 aromatic heterocycles. The predicted molar refractivity (Wildman–Crippen MR) is 80.7 cm³/mol. The fourth-order valence-corrected chi connectivity index (χ4v) is 2.49. The minimum absolute atomic E-state index is 0.253. The minimum atomic E-state index is -0.529. The normalized spacial score (nSPS) is 13.7. The lowest BCUT2D eigenvalue weighted by Gasteiger charge is -2.14. The molecule has 2 unspecified atom stereocenters. The molecule has 0 amide bonds. The average Bonchev–Trinajstić information content (AvgIpc) is 2.92. The molecule has 0 saturated carbocycles. The number of aryl methyl sites for hydroxylation is 1. The van der Waals surface area contributed by atoms with Gasteiger partial charge < -0.3 is 9.26 Å². The predicted octanol–water partition coefficient (Wildman–Crippen LogP) is 3.30. The lowest BCUT2D eigenvalue weighted by molar-refractivity contribution is -0.148. The first-order valence-electron chi connectivity index (χ1n) is 6.72. The molecule has 0 saturated heterocycles. The van der Waals surface area contributed by atoms with Crippen molar-refractivity contribution in [3.8, 4) is 0 Å². The SMILES string of the molecule is Cc1noc(C(C)OC(=O)C(C)SCc2ccccc2)n1. The smallest absolute Gasteiger partial charge is 0.319 e. The summed E-state index contributed by atoms with van der Waals surface area (Å²) in [5, 5.41) is 3.43. The summed E-state index contributed by atoms with van der Waals surface area (Å²) in [4.78, 5) is 16.1. The minimum Gasteiger partial charge on any atom is -0.452 e. The van der Waals surface area contributed by atoms with E-state index in [4.69, 9.17) is 9.26 Å². The Labute approximate surface area is 128 Å². The van der Waals surface area contributed by atoms with E-state index in [1.54, 1.807) is 13.8 Å². The lowest BCUT2D eigenvalue weighted by atomic mass is 10.2. The third-order valence-electron chi connectivity index (χ3n) is 2.86. The van der Waals surface area contributed by atoms with Gasteiger partial charge >= 0.3 is 5.97 Å². The maximum atomic E-state index is 12.0. The standard InChI is InChI=1S/C15H18N2O3S/c1-10(14-16-12(3)17-20-14)19-15(18)11(2)21-9-13-7-5-4-6-8-13/h4-8,10-11H,9H2,1-3H3. The number of thioether (sulfide) groups is 1. The summed E-state index contributed by atoms with van der Waals surface area (Å²) in [7, 11) is 0. The molecular weight excluding hydrogens is 288 g/mol. The third-order valence-corrected chi connectivity index (χ3v) is 4.05. The van der Waals surface area contributed by atoms with Gasteiger partial charge in [-0.15, -0.1) is 11.8 Å². The molecule has 0 aliphatic carbocycles. The zero-order valence-electron chi connectivity index (χ0n) is 12.3. The van der Waals surface area contributed by atoms with Gasteiger partial charge in [0.1, 0.15) is 0 Å². The Morgan fingerprint density at radius 1 is 1.33 bits per heavy atom. The Bertz CT molecular complexity index is 586. The van der Waals surface area contributed by atoms with Gasteiger partial charge in [0.05, 0.1) is 5.25 Å². The fraction of sp³-hybridized carbons (Fsp3) is 0.400. The van der Waals surface area contributed by atoms with Gasteiger partial charge in [-0.05, 0) is 26.3 Å². The maximum absolute atomic E-state index is 12.0. The number of hydrogen-bond acceptors (Lipinski definition) is 6. The number of benzene rings is 1. The summed E-state index contributed by atoms with van der Waals surface area (Å²) >= 11 is 1.54. The first-order valence-corrected chi connectivity index (χ1v) is 7.77. The highest BCUT2D eigenvalue weighted by atomic mass is 32.2. The fourth-order valence-electron chi connectivity index (χ4n) is 1.66. The summed E-state index contributed by atoms with van der Waals surface area (Å²) in [6.45, 7) is 5.28. The van der Waals surface area contributed by atoms with Crippen molar-refractivity contribution in [1.82, 2.24) is 10.1 Å². The highest BCUT2D eigenvalue weighted by Gasteiger charge is 2.22. The number of carbonyl (C=O) groups excluding carboxylic acids is 1. The van der Waals surface area contributed by atoms with Gasteiger partial charge in [0.25, 0.3) is 5.89 Å². The van der Waals surface area contributed by atoms with Gasteiger partial charge in [0.15, 0.2) is 11.9 Å². The van der Waals surface area contributed by atoms with Crippen LogP contribution >= 0.6 is 11.8 Å². The molecule has 1 heterocycles. The molecule has 1 aromatic carbocycles. The summed E-state index contributed by atoms with van der Waals surface area (Å²) < 4.78 is 10.3. The number of hydrogen-bond donors (Lipinski definition) is 0. The van der Waals surface area contributed by atoms with E-state index < -0.39 is 6.10 Å². The largest absolute Gasteiger partial charge is 0.452 e. The lowest BCUT2D eigenvalue weighted by Crippen LogP contribution is -2.19. The van der Waals surface area contributed by atoms with Gasteiger partial charge in [0, 0.05) is 5.75 Å². The number of nitrogens with zero attached hydrogens (tertiary/aromatic N) is 2. The molecule has 0 aliphatic rings. The summed E-state index contributed by atoms with van der Waals surface area (Å²) in [5.74, 6) is 1.34. The third kappa shape index (κ3) is 4.60. The van der Waals surface area contributed by atoms with Crippen LogP contribution in [0, 0.1) is 6.92 Å². The Kier molecular flexibility index (Phi) is 5.38. The van der Waals surface area contributed by atoms with Crippen molar-refractivity contribution in [2.45, 2.75) is 37.9 Å². The van der Waals surface area contributed by atoms with Crippen molar-refractivity contribution >= 4 is 17.7 Å². The quantitative estimate of drug-likeness (QED) is 0.763. The molecule has 2 aromatic rings. The number of ether oxygens (including phenoxy) is 1. The van der Waals surface area contributed by atoms with Crippen LogP contribution in [0.1, 0.15) is 37.2 Å². The Balaban J connectivity index is 1.82. The van der Waals surface area contributed by atoms with Crippen molar-refractivity contribution < 1.29 is 14.1 Å². The maximum Gasteiger partial charge on any atom is 0.319 e. The zero-order chi connectivity index (χ0) is 15.2. The van der Waals surface area contributed by atoms with Crippen LogP contribution in [-0.4, -0.2) is 21.4 Å². The van der Waals surface area contributed by atoms with E-state index in [-0.39, 0.29) is 11.2 Å². The Morgan fingerprint density at radius 2 is 2.05 bits per heavy atom. The van der Waals surface area contributed by atoms with Crippen LogP contribution < -0.4 is 0 Å². The van der Waals surface area contributed by atoms with E-state index in [1.807, 2.05) is 37.3 Å². The Morgan fingerprint density at radius 3 is 2.67 bits per heavy atom. The van der Waals surface area contributed by atoms with Gasteiger partial charge in [-0.2, -0.15) is 4.98 Å². The van der Waals surface area contributed by atoms with Crippen molar-refractivity contribution in [3.63, 3.8) is 0 Å². The van der Waals surface area contributed by atoms with Crippen LogP contribution in [0.25, 0.3) is 0 Å². The molecule has 0 aliphatic heterocycles. The van der Waals surface area contributed by atoms with Gasteiger partial charge in [-0.1, -0.05) is 35.5 Å². The first-order chi connectivity index (χ1) is 10.1. The molecule has 0 N–H and O–H groups in total. The van der Waals surface area contributed by atoms with E-state index in [9.17, 15) is 4.79 Å². The monoisotopic (exact) mass is 306 g/mol. The van der Waals surface area contributed by atoms with Crippen LogP contribution in [0.4, 0.5) is 0 Å². The molecule has 112 valence electrons. The second-order valence-electron chi connectivity index (χ2n) is 4.70. The molecule has 2 atom stereocenters. The number of esters is 1. The van der Waals surface area contributed by atoms with Gasteiger partial charge in [-0.25, -0.2) is 0 Å². The van der Waals surface area contributed by atoms with Crippen molar-refractivity contribution in [2.75, 3.05) is 0 Å². The molecule has 0 spiro atoms. The van der Waals surface area contributed by atoms with E-state index in [2.05, 4.69) is 10.1 Å². The van der Waals surface area contributed by atoms with Crippen molar-refractivity contribution in [3.05, 3.63) is 47.6 Å². The van der Waals surface area contributed by atoms with Crippen LogP contribution in [0.15, 0.2) is 34.9 Å². The van der Waals surface area contributed by atoms with Crippen LogP contribution in [0.2, 0.25) is 0 Å². The van der Waals surface area contributed by atoms with E-state index >= 15 is 0 Å². The molecule has 5 nitrogen and oxygen atoms in total. The van der Waals surface area contributed by atoms with E-state index in [0.29, 0.717) is 11.7 Å². The number of rotatable bonds is 6. The van der Waals surface area contributed by atoms with Crippen LogP contribution in [-0.2, 0) is 15.3 Å². The van der Waals surface area contributed by atoms with E-state index in [0.717, 1.165) is 5.75 Å². The first kappa shape index (κ1) is 15.6. The molecule has 6 heteroatoms. The number of carbonyl (C=O) groups is 1. The average molecular weight is 306 g/mol. The summed E-state index contributed by atoms with van der Waals surface area (Å²) in [6, 6.07) is 10.0. The van der Waals surface area contributed by atoms with Crippen LogP contribution in [0.3, 0.4) is 0 Å². The molecular formula is C15H18N2O3S. The van der Waals surface area contributed by atoms with Crippen LogP contribution in [0.5, 0.6) is 0 Å². The van der Waals surface area contributed by atoms with E-state index in [1.165, 1.54) is 17.3 Å². The molecule has 0 fully saturated rings. The van der Waals surface area contributed by atoms with Crippen molar-refractivity contribution in [2.24, 2.45) is 0 Å². The second-order valence-corrected chi connectivity index (χ2v) is 6.03. The molecule has 0 bridgehead atoms. The summed E-state index contributed by atoms with van der Waals surface area (Å²) in [6.07, 6.45) is -0.529. The molecule has 0 radical (unpaired) electrons. The molecule has 21 heavy (non-hydrogen) atoms. The van der Waals surface area contributed by atoms with Gasteiger partial charge in [0.2, 0.25) is 0 Å². The molecule has 2 rings (SSSR count). The summed E-state index contributed by atoms with van der Waals surface area (Å²) in [5.41, 5.74) is 1.18. The second kappa shape index (κ2) is 7.26. The Hall–Kier alpha value is -1.82. The highest BCUT2D eigenvalue weighted by molar-refractivity contribution is 7.99. The zero-order valence-corrected chi connectivity index (χ0v) is 13.1. The van der Waals surface area contributed by atoms with Crippen molar-refractivity contribution in [1.29, 1.82) is 0 Å². The topological polar surface area (TPSA) is 65.2 Å². The van der Waals surface area contributed by atoms with Gasteiger partial charge in [-0.3, -0.25) is 4.79 Å². The highest BCUT2D eigenvalue weighted by Crippen LogP contribution is 2.22. The number of aromatic nitrogens is 2.